The molecule has 3 heteroatoms. The summed E-state index contributed by atoms with van der Waals surface area (Å²) >= 11 is 3.22. The summed E-state index contributed by atoms with van der Waals surface area (Å²) in [6.45, 7) is 2.09. The molecular formula is C11H10OS2. The van der Waals surface area contributed by atoms with Gasteiger partial charge in [0.05, 0.1) is 4.88 Å². The first kappa shape index (κ1) is 9.74. The van der Waals surface area contributed by atoms with Crippen LogP contribution >= 0.6 is 23.1 Å². The van der Waals surface area contributed by atoms with Gasteiger partial charge in [0.15, 0.2) is 6.29 Å². The third kappa shape index (κ3) is 1.37. The van der Waals surface area contributed by atoms with Gasteiger partial charge in [-0.3, -0.25) is 4.79 Å². The van der Waals surface area contributed by atoms with Crippen molar-refractivity contribution in [2.45, 2.75) is 11.8 Å². The summed E-state index contributed by atoms with van der Waals surface area (Å²) in [7, 11) is 0. The molecule has 0 radical (unpaired) electrons. The van der Waals surface area contributed by atoms with Crippen molar-refractivity contribution in [1.29, 1.82) is 0 Å². The summed E-state index contributed by atoms with van der Waals surface area (Å²) in [6.07, 6.45) is 2.97. The lowest BCUT2D eigenvalue weighted by Gasteiger charge is -1.98. The Kier molecular flexibility index (Phi) is 2.61. The number of fused-ring (bicyclic) bond motifs is 1. The Labute approximate surface area is 91.1 Å². The molecule has 0 N–H and O–H groups in total. The van der Waals surface area contributed by atoms with E-state index in [9.17, 15) is 4.79 Å². The highest BCUT2D eigenvalue weighted by Gasteiger charge is 2.11. The molecule has 0 spiro atoms. The Bertz CT molecular complexity index is 485. The van der Waals surface area contributed by atoms with Gasteiger partial charge in [0.1, 0.15) is 0 Å². The average molecular weight is 222 g/mol. The summed E-state index contributed by atoms with van der Waals surface area (Å²) in [5, 5.41) is 1.24. The number of rotatable bonds is 2. The largest absolute Gasteiger partial charge is 0.297 e. The van der Waals surface area contributed by atoms with E-state index >= 15 is 0 Å². The van der Waals surface area contributed by atoms with E-state index in [1.54, 1.807) is 23.1 Å². The van der Waals surface area contributed by atoms with E-state index in [2.05, 4.69) is 19.1 Å². The van der Waals surface area contributed by atoms with Crippen LogP contribution in [0, 0.1) is 6.92 Å². The lowest BCUT2D eigenvalue weighted by molar-refractivity contribution is 0.112. The highest BCUT2D eigenvalue weighted by Crippen LogP contribution is 2.37. The van der Waals surface area contributed by atoms with Crippen molar-refractivity contribution in [3.05, 3.63) is 28.6 Å². The Morgan fingerprint density at radius 2 is 2.21 bits per heavy atom. The third-order valence-electron chi connectivity index (χ3n) is 2.22. The zero-order valence-corrected chi connectivity index (χ0v) is 9.67. The minimum absolute atomic E-state index is 0.849. The topological polar surface area (TPSA) is 17.1 Å². The van der Waals surface area contributed by atoms with Gasteiger partial charge in [-0.05, 0) is 24.8 Å². The molecular weight excluding hydrogens is 212 g/mol. The molecule has 0 atom stereocenters. The Balaban J connectivity index is 2.88. The molecule has 0 unspecified atom stereocenters. The zero-order chi connectivity index (χ0) is 10.1. The third-order valence-corrected chi connectivity index (χ3v) is 4.26. The van der Waals surface area contributed by atoms with Crippen molar-refractivity contribution in [3.8, 4) is 0 Å². The molecule has 1 aromatic heterocycles. The van der Waals surface area contributed by atoms with E-state index in [1.165, 1.54) is 15.6 Å². The maximum absolute atomic E-state index is 10.9. The number of carbonyl (C=O) groups excluding carboxylic acids is 1. The van der Waals surface area contributed by atoms with Gasteiger partial charge < -0.3 is 0 Å². The lowest BCUT2D eigenvalue weighted by Crippen LogP contribution is -1.78. The quantitative estimate of drug-likeness (QED) is 0.568. The van der Waals surface area contributed by atoms with Crippen molar-refractivity contribution in [2.75, 3.05) is 6.26 Å². The number of hydrogen-bond acceptors (Lipinski definition) is 3. The molecule has 0 fully saturated rings. The van der Waals surface area contributed by atoms with Gasteiger partial charge in [-0.1, -0.05) is 12.1 Å². The first-order valence-corrected chi connectivity index (χ1v) is 6.33. The fourth-order valence-corrected chi connectivity index (χ4v) is 3.74. The molecule has 1 heterocycles. The van der Waals surface area contributed by atoms with Crippen LogP contribution in [-0.4, -0.2) is 12.5 Å². The van der Waals surface area contributed by atoms with Gasteiger partial charge in [-0.25, -0.2) is 0 Å². The molecule has 0 saturated heterocycles. The zero-order valence-electron chi connectivity index (χ0n) is 8.03. The summed E-state index contributed by atoms with van der Waals surface area (Å²) < 4.78 is 1.21. The Morgan fingerprint density at radius 1 is 1.43 bits per heavy atom. The number of aldehydes is 1. The SMILES string of the molecule is CSc1c(C=O)sc2cccc(C)c12. The molecule has 2 aromatic rings. The molecule has 0 aliphatic carbocycles. The predicted octanol–water partition coefficient (Wildman–Crippen LogP) is 3.74. The van der Waals surface area contributed by atoms with Gasteiger partial charge in [0, 0.05) is 15.0 Å². The monoisotopic (exact) mass is 222 g/mol. The van der Waals surface area contributed by atoms with E-state index in [-0.39, 0.29) is 0 Å². The molecule has 2 rings (SSSR count). The van der Waals surface area contributed by atoms with Crippen LogP contribution in [0.5, 0.6) is 0 Å². The van der Waals surface area contributed by atoms with Crippen LogP contribution in [0.4, 0.5) is 0 Å². The highest BCUT2D eigenvalue weighted by molar-refractivity contribution is 7.99. The van der Waals surface area contributed by atoms with Crippen LogP contribution in [0.3, 0.4) is 0 Å². The smallest absolute Gasteiger partial charge is 0.161 e. The predicted molar refractivity (Wildman–Crippen MR) is 63.7 cm³/mol. The summed E-state index contributed by atoms with van der Waals surface area (Å²) in [4.78, 5) is 12.8. The van der Waals surface area contributed by atoms with Crippen LogP contribution in [-0.2, 0) is 0 Å². The molecule has 0 saturated carbocycles. The minimum atomic E-state index is 0.849. The molecule has 0 aliphatic rings. The molecule has 0 aliphatic heterocycles. The first-order valence-electron chi connectivity index (χ1n) is 4.29. The van der Waals surface area contributed by atoms with Gasteiger partial charge in [0.25, 0.3) is 0 Å². The second-order valence-corrected chi connectivity index (χ2v) is 4.97. The maximum atomic E-state index is 10.9. The van der Waals surface area contributed by atoms with Gasteiger partial charge >= 0.3 is 0 Å². The summed E-state index contributed by atoms with van der Waals surface area (Å²) in [5.41, 5.74) is 1.25. The van der Waals surface area contributed by atoms with Crippen LogP contribution in [0.25, 0.3) is 10.1 Å². The number of thiophene rings is 1. The normalized spacial score (nSPS) is 10.7. The maximum Gasteiger partial charge on any atom is 0.161 e. The summed E-state index contributed by atoms with van der Waals surface area (Å²) in [6, 6.07) is 6.19. The number of aryl methyl sites for hydroxylation is 1. The van der Waals surface area contributed by atoms with Gasteiger partial charge in [-0.15, -0.1) is 23.1 Å². The molecule has 14 heavy (non-hydrogen) atoms. The van der Waals surface area contributed by atoms with E-state index < -0.39 is 0 Å². The second kappa shape index (κ2) is 3.75. The number of thioether (sulfide) groups is 1. The fraction of sp³-hybridized carbons (Fsp3) is 0.182. The van der Waals surface area contributed by atoms with Gasteiger partial charge in [0.2, 0.25) is 0 Å². The number of hydrogen-bond donors (Lipinski definition) is 0. The first-order chi connectivity index (χ1) is 6.77. The summed E-state index contributed by atoms with van der Waals surface area (Å²) in [5.74, 6) is 0. The molecule has 0 amide bonds. The van der Waals surface area contributed by atoms with E-state index in [0.29, 0.717) is 0 Å². The number of carbonyl (C=O) groups is 1. The second-order valence-electron chi connectivity index (χ2n) is 3.07. The molecule has 0 bridgehead atoms. The van der Waals surface area contributed by atoms with E-state index in [1.807, 2.05) is 12.3 Å². The molecule has 1 nitrogen and oxygen atoms in total. The van der Waals surface area contributed by atoms with Crippen molar-refractivity contribution in [3.63, 3.8) is 0 Å². The fourth-order valence-electron chi connectivity index (χ4n) is 1.59. The van der Waals surface area contributed by atoms with Crippen LogP contribution in [0.1, 0.15) is 15.2 Å². The Morgan fingerprint density at radius 3 is 2.86 bits per heavy atom. The highest BCUT2D eigenvalue weighted by atomic mass is 32.2. The van der Waals surface area contributed by atoms with Gasteiger partial charge in [-0.2, -0.15) is 0 Å². The Hall–Kier alpha value is -0.800. The standard InChI is InChI=1S/C11H10OS2/c1-7-4-3-5-8-10(7)11(13-2)9(6-12)14-8/h3-6H,1-2H3. The van der Waals surface area contributed by atoms with Crippen LogP contribution in [0.2, 0.25) is 0 Å². The molecule has 72 valence electrons. The van der Waals surface area contributed by atoms with Crippen LogP contribution < -0.4 is 0 Å². The van der Waals surface area contributed by atoms with Crippen molar-refractivity contribution in [1.82, 2.24) is 0 Å². The average Bonchev–Trinajstić information content (AvgIpc) is 2.56. The van der Waals surface area contributed by atoms with Crippen molar-refractivity contribution >= 4 is 39.5 Å². The van der Waals surface area contributed by atoms with E-state index in [4.69, 9.17) is 0 Å². The molecule has 1 aromatic carbocycles. The number of benzene rings is 1. The van der Waals surface area contributed by atoms with E-state index in [0.717, 1.165) is 16.1 Å². The van der Waals surface area contributed by atoms with Crippen molar-refractivity contribution in [2.24, 2.45) is 0 Å². The van der Waals surface area contributed by atoms with Crippen molar-refractivity contribution < 1.29 is 4.79 Å². The minimum Gasteiger partial charge on any atom is -0.297 e. The van der Waals surface area contributed by atoms with Crippen LogP contribution in [0.15, 0.2) is 23.1 Å². The lowest BCUT2D eigenvalue weighted by atomic mass is 10.1.